The highest BCUT2D eigenvalue weighted by molar-refractivity contribution is 5.79. The highest BCUT2D eigenvalue weighted by atomic mass is 19.4. The second-order valence-electron chi connectivity index (χ2n) is 3.82. The van der Waals surface area contributed by atoms with Crippen LogP contribution in [0.15, 0.2) is 0 Å². The van der Waals surface area contributed by atoms with Crippen LogP contribution in [0, 0.1) is 0 Å². The molecule has 1 amide bonds. The summed E-state index contributed by atoms with van der Waals surface area (Å²) in [7, 11) is 0. The molecule has 15 heavy (non-hydrogen) atoms. The Labute approximate surface area is 86.4 Å². The normalized spacial score (nSPS) is 24.1. The van der Waals surface area contributed by atoms with Crippen LogP contribution in [0.3, 0.4) is 0 Å². The van der Waals surface area contributed by atoms with Crippen molar-refractivity contribution in [3.05, 3.63) is 0 Å². The number of amides is 1. The van der Waals surface area contributed by atoms with E-state index < -0.39 is 24.5 Å². The minimum absolute atomic E-state index is 0.128. The average molecular weight is 224 g/mol. The van der Waals surface area contributed by atoms with Crippen molar-refractivity contribution < 1.29 is 18.0 Å². The van der Waals surface area contributed by atoms with Crippen molar-refractivity contribution in [1.29, 1.82) is 0 Å². The third-order valence-electron chi connectivity index (χ3n) is 2.62. The van der Waals surface area contributed by atoms with Crippen molar-refractivity contribution in [2.45, 2.75) is 37.9 Å². The number of hydrogen-bond donors (Lipinski definition) is 1. The van der Waals surface area contributed by atoms with Gasteiger partial charge in [0, 0.05) is 6.54 Å². The molecule has 1 heterocycles. The van der Waals surface area contributed by atoms with E-state index in [9.17, 15) is 18.0 Å². The van der Waals surface area contributed by atoms with E-state index in [0.29, 0.717) is 13.0 Å². The van der Waals surface area contributed by atoms with Gasteiger partial charge in [-0.15, -0.1) is 0 Å². The standard InChI is InChI=1S/C9H15F3N2O/c10-9(11,12)4-6-14-5-2-1-3-7(14)8(13)15/h7H,1-6H2,(H2,13,15)/t7-/m0/s1. The largest absolute Gasteiger partial charge is 0.390 e. The molecule has 0 aromatic carbocycles. The number of carbonyl (C=O) groups is 1. The summed E-state index contributed by atoms with van der Waals surface area (Å²) in [5, 5.41) is 0. The van der Waals surface area contributed by atoms with E-state index >= 15 is 0 Å². The lowest BCUT2D eigenvalue weighted by atomic mass is 10.0. The van der Waals surface area contributed by atoms with Gasteiger partial charge in [0.1, 0.15) is 0 Å². The number of nitrogens with zero attached hydrogens (tertiary/aromatic N) is 1. The van der Waals surface area contributed by atoms with Gasteiger partial charge in [-0.05, 0) is 19.4 Å². The Morgan fingerprint density at radius 2 is 2.07 bits per heavy atom. The molecule has 2 N–H and O–H groups in total. The maximum Gasteiger partial charge on any atom is 0.390 e. The zero-order valence-corrected chi connectivity index (χ0v) is 8.39. The Morgan fingerprint density at radius 3 is 2.60 bits per heavy atom. The van der Waals surface area contributed by atoms with Crippen LogP contribution >= 0.6 is 0 Å². The molecule has 1 aliphatic rings. The van der Waals surface area contributed by atoms with E-state index in [-0.39, 0.29) is 6.54 Å². The highest BCUT2D eigenvalue weighted by Crippen LogP contribution is 2.23. The molecule has 0 spiro atoms. The van der Waals surface area contributed by atoms with E-state index in [4.69, 9.17) is 5.73 Å². The molecule has 88 valence electrons. The van der Waals surface area contributed by atoms with E-state index in [2.05, 4.69) is 0 Å². The fraction of sp³-hybridized carbons (Fsp3) is 0.889. The SMILES string of the molecule is NC(=O)[C@@H]1CCCCN1CCC(F)(F)F. The first kappa shape index (κ1) is 12.3. The first-order chi connectivity index (χ1) is 6.90. The van der Waals surface area contributed by atoms with Gasteiger partial charge in [0.2, 0.25) is 5.91 Å². The number of piperidine rings is 1. The zero-order valence-electron chi connectivity index (χ0n) is 8.39. The summed E-state index contributed by atoms with van der Waals surface area (Å²) in [6, 6.07) is -0.513. The molecule has 1 saturated heterocycles. The second-order valence-corrected chi connectivity index (χ2v) is 3.82. The number of primary amides is 1. The van der Waals surface area contributed by atoms with Crippen molar-refractivity contribution in [3.8, 4) is 0 Å². The summed E-state index contributed by atoms with van der Waals surface area (Å²) in [5.74, 6) is -0.517. The molecule has 0 unspecified atom stereocenters. The molecule has 0 aromatic rings. The van der Waals surface area contributed by atoms with E-state index in [1.165, 1.54) is 0 Å². The van der Waals surface area contributed by atoms with Crippen molar-refractivity contribution >= 4 is 5.91 Å². The van der Waals surface area contributed by atoms with Crippen LogP contribution in [0.25, 0.3) is 0 Å². The summed E-state index contributed by atoms with van der Waals surface area (Å²) in [6.07, 6.45) is -2.78. The smallest absolute Gasteiger partial charge is 0.368 e. The molecule has 0 aliphatic carbocycles. The van der Waals surface area contributed by atoms with Gasteiger partial charge in [-0.1, -0.05) is 6.42 Å². The Bertz CT molecular complexity index is 230. The number of nitrogens with two attached hydrogens (primary N) is 1. The van der Waals surface area contributed by atoms with Crippen molar-refractivity contribution in [2.75, 3.05) is 13.1 Å². The minimum atomic E-state index is -4.17. The van der Waals surface area contributed by atoms with Crippen LogP contribution in [-0.2, 0) is 4.79 Å². The lowest BCUT2D eigenvalue weighted by Gasteiger charge is -2.33. The fourth-order valence-electron chi connectivity index (χ4n) is 1.85. The molecule has 1 fully saturated rings. The molecule has 1 aliphatic heterocycles. The van der Waals surface area contributed by atoms with E-state index in [1.807, 2.05) is 0 Å². The van der Waals surface area contributed by atoms with Crippen molar-refractivity contribution in [3.63, 3.8) is 0 Å². The third kappa shape index (κ3) is 4.07. The average Bonchev–Trinajstić information content (AvgIpc) is 2.14. The Kier molecular flexibility index (Phi) is 3.96. The van der Waals surface area contributed by atoms with Crippen LogP contribution in [0.4, 0.5) is 13.2 Å². The summed E-state index contributed by atoms with van der Waals surface area (Å²) in [6.45, 7) is 0.404. The van der Waals surface area contributed by atoms with Gasteiger partial charge in [0.05, 0.1) is 12.5 Å². The van der Waals surface area contributed by atoms with Gasteiger partial charge >= 0.3 is 6.18 Å². The van der Waals surface area contributed by atoms with Crippen LogP contribution in [0.1, 0.15) is 25.7 Å². The minimum Gasteiger partial charge on any atom is -0.368 e. The first-order valence-electron chi connectivity index (χ1n) is 5.00. The Balaban J connectivity index is 2.46. The van der Waals surface area contributed by atoms with Crippen molar-refractivity contribution in [2.24, 2.45) is 5.73 Å². The molecule has 6 heteroatoms. The van der Waals surface area contributed by atoms with Gasteiger partial charge in [0.15, 0.2) is 0 Å². The topological polar surface area (TPSA) is 46.3 Å². The van der Waals surface area contributed by atoms with Crippen LogP contribution < -0.4 is 5.73 Å². The van der Waals surface area contributed by atoms with Crippen LogP contribution in [0.2, 0.25) is 0 Å². The maximum atomic E-state index is 12.0. The van der Waals surface area contributed by atoms with Gasteiger partial charge in [-0.25, -0.2) is 0 Å². The molecule has 0 aromatic heterocycles. The predicted octanol–water partition coefficient (Wildman–Crippen LogP) is 1.28. The number of likely N-dealkylation sites (tertiary alicyclic amines) is 1. The highest BCUT2D eigenvalue weighted by Gasteiger charge is 2.32. The number of carbonyl (C=O) groups excluding carboxylic acids is 1. The molecule has 1 rings (SSSR count). The second kappa shape index (κ2) is 4.83. The van der Waals surface area contributed by atoms with Crippen LogP contribution in [0.5, 0.6) is 0 Å². The Morgan fingerprint density at radius 1 is 1.40 bits per heavy atom. The fourth-order valence-corrected chi connectivity index (χ4v) is 1.85. The lowest BCUT2D eigenvalue weighted by Crippen LogP contribution is -2.48. The number of rotatable bonds is 3. The van der Waals surface area contributed by atoms with Crippen molar-refractivity contribution in [1.82, 2.24) is 4.90 Å². The monoisotopic (exact) mass is 224 g/mol. The third-order valence-corrected chi connectivity index (χ3v) is 2.62. The quantitative estimate of drug-likeness (QED) is 0.784. The number of halogens is 3. The molecule has 0 saturated carbocycles. The summed E-state index contributed by atoms with van der Waals surface area (Å²) in [4.78, 5) is 12.5. The number of hydrogen-bond acceptors (Lipinski definition) is 2. The molecule has 3 nitrogen and oxygen atoms in total. The molecular formula is C9H15F3N2O. The predicted molar refractivity (Wildman–Crippen MR) is 49.1 cm³/mol. The molecule has 1 atom stereocenters. The van der Waals surface area contributed by atoms with Gasteiger partial charge in [0.25, 0.3) is 0 Å². The maximum absolute atomic E-state index is 12.0. The molecule has 0 bridgehead atoms. The van der Waals surface area contributed by atoms with E-state index in [0.717, 1.165) is 12.8 Å². The zero-order chi connectivity index (χ0) is 11.5. The summed E-state index contributed by atoms with van der Waals surface area (Å²) in [5.41, 5.74) is 5.14. The first-order valence-corrected chi connectivity index (χ1v) is 5.00. The van der Waals surface area contributed by atoms with Crippen LogP contribution in [-0.4, -0.2) is 36.1 Å². The number of alkyl halides is 3. The lowest BCUT2D eigenvalue weighted by molar-refractivity contribution is -0.143. The summed E-state index contributed by atoms with van der Waals surface area (Å²) >= 11 is 0. The van der Waals surface area contributed by atoms with E-state index in [1.54, 1.807) is 4.90 Å². The molecular weight excluding hydrogens is 209 g/mol. The van der Waals surface area contributed by atoms with Gasteiger partial charge in [-0.3, -0.25) is 9.69 Å². The molecule has 0 radical (unpaired) electrons. The van der Waals surface area contributed by atoms with Gasteiger partial charge < -0.3 is 5.73 Å². The van der Waals surface area contributed by atoms with Gasteiger partial charge in [-0.2, -0.15) is 13.2 Å². The Hall–Kier alpha value is -0.780. The summed E-state index contributed by atoms with van der Waals surface area (Å²) < 4.78 is 36.0.